The normalized spacial score (nSPS) is 13.6. The van der Waals surface area contributed by atoms with Crippen molar-refractivity contribution < 1.29 is 19.5 Å². The van der Waals surface area contributed by atoms with E-state index < -0.39 is 24.1 Å². The maximum Gasteiger partial charge on any atom is 0.326 e. The number of rotatable bonds is 6. The Morgan fingerprint density at radius 1 is 1.11 bits per heavy atom. The molecule has 0 rings (SSSR count). The summed E-state index contributed by atoms with van der Waals surface area (Å²) in [5.74, 6) is -1.66. The van der Waals surface area contributed by atoms with Crippen molar-refractivity contribution >= 4 is 17.9 Å². The van der Waals surface area contributed by atoms with Crippen molar-refractivity contribution in [2.75, 3.05) is 6.54 Å². The third kappa shape index (κ3) is 5.51. The molecule has 0 aromatic rings. The SMILES string of the molecule is CCNC(=O)C(C)NC(=O)N[C@H](C(=O)O)C(C)C. The van der Waals surface area contributed by atoms with E-state index >= 15 is 0 Å². The molecule has 0 saturated carbocycles. The summed E-state index contributed by atoms with van der Waals surface area (Å²) in [7, 11) is 0. The van der Waals surface area contributed by atoms with Crippen molar-refractivity contribution in [3.8, 4) is 0 Å². The van der Waals surface area contributed by atoms with Gasteiger partial charge in [0.15, 0.2) is 0 Å². The smallest absolute Gasteiger partial charge is 0.326 e. The zero-order valence-electron chi connectivity index (χ0n) is 11.1. The first-order valence-corrected chi connectivity index (χ1v) is 5.87. The van der Waals surface area contributed by atoms with Crippen LogP contribution in [0.5, 0.6) is 0 Å². The standard InChI is InChI=1S/C11H21N3O4/c1-5-12-9(15)7(4)13-11(18)14-8(6(2)3)10(16)17/h6-8H,5H2,1-4H3,(H,12,15)(H,16,17)(H2,13,14,18)/t7?,8-/m0/s1. The van der Waals surface area contributed by atoms with Crippen LogP contribution >= 0.6 is 0 Å². The maximum atomic E-state index is 11.5. The third-order valence-electron chi connectivity index (χ3n) is 2.31. The van der Waals surface area contributed by atoms with Gasteiger partial charge in [-0.05, 0) is 19.8 Å². The van der Waals surface area contributed by atoms with E-state index in [0.717, 1.165) is 0 Å². The van der Waals surface area contributed by atoms with Gasteiger partial charge in [-0.15, -0.1) is 0 Å². The summed E-state index contributed by atoms with van der Waals surface area (Å²) >= 11 is 0. The number of likely N-dealkylation sites (N-methyl/N-ethyl adjacent to an activating group) is 1. The van der Waals surface area contributed by atoms with Crippen molar-refractivity contribution in [2.24, 2.45) is 5.92 Å². The summed E-state index contributed by atoms with van der Waals surface area (Å²) in [4.78, 5) is 33.8. The Hall–Kier alpha value is -1.79. The lowest BCUT2D eigenvalue weighted by atomic mass is 10.1. The molecule has 3 amide bonds. The number of carbonyl (C=O) groups is 3. The number of hydrogen-bond acceptors (Lipinski definition) is 3. The quantitative estimate of drug-likeness (QED) is 0.535. The van der Waals surface area contributed by atoms with Gasteiger partial charge in [-0.25, -0.2) is 9.59 Å². The minimum atomic E-state index is -1.11. The van der Waals surface area contributed by atoms with Crippen LogP contribution in [0.2, 0.25) is 0 Å². The molecule has 2 atom stereocenters. The topological polar surface area (TPSA) is 108 Å². The van der Waals surface area contributed by atoms with Gasteiger partial charge in [0.25, 0.3) is 0 Å². The molecule has 0 radical (unpaired) electrons. The maximum absolute atomic E-state index is 11.5. The minimum Gasteiger partial charge on any atom is -0.480 e. The van der Waals surface area contributed by atoms with E-state index in [2.05, 4.69) is 16.0 Å². The number of urea groups is 1. The van der Waals surface area contributed by atoms with Crippen LogP contribution in [0.15, 0.2) is 0 Å². The highest BCUT2D eigenvalue weighted by Gasteiger charge is 2.24. The summed E-state index contributed by atoms with van der Waals surface area (Å²) in [6.07, 6.45) is 0. The number of nitrogens with one attached hydrogen (secondary N) is 3. The van der Waals surface area contributed by atoms with Crippen molar-refractivity contribution in [3.63, 3.8) is 0 Å². The molecule has 0 aliphatic carbocycles. The van der Waals surface area contributed by atoms with Gasteiger partial charge in [-0.1, -0.05) is 13.8 Å². The lowest BCUT2D eigenvalue weighted by Crippen LogP contribution is -2.53. The lowest BCUT2D eigenvalue weighted by Gasteiger charge is -2.20. The Morgan fingerprint density at radius 2 is 1.67 bits per heavy atom. The van der Waals surface area contributed by atoms with Gasteiger partial charge in [0.1, 0.15) is 12.1 Å². The van der Waals surface area contributed by atoms with Crippen LogP contribution in [0.1, 0.15) is 27.7 Å². The molecular weight excluding hydrogens is 238 g/mol. The summed E-state index contributed by atoms with van der Waals surface area (Å²) in [6.45, 7) is 7.13. The Kier molecular flexibility index (Phi) is 6.77. The minimum absolute atomic E-state index is 0.243. The number of hydrogen-bond donors (Lipinski definition) is 4. The fraction of sp³-hybridized carbons (Fsp3) is 0.727. The van der Waals surface area contributed by atoms with Gasteiger partial charge < -0.3 is 21.1 Å². The Bertz CT molecular complexity index is 317. The number of carboxylic acid groups (broad SMARTS) is 1. The van der Waals surface area contributed by atoms with Gasteiger partial charge in [-0.2, -0.15) is 0 Å². The first-order chi connectivity index (χ1) is 8.29. The molecular formula is C11H21N3O4. The number of amides is 3. The van der Waals surface area contributed by atoms with Gasteiger partial charge >= 0.3 is 12.0 Å². The van der Waals surface area contributed by atoms with E-state index in [1.54, 1.807) is 20.8 Å². The predicted molar refractivity (Wildman–Crippen MR) is 66.1 cm³/mol. The average Bonchev–Trinajstić information content (AvgIpc) is 2.25. The van der Waals surface area contributed by atoms with E-state index in [1.165, 1.54) is 6.92 Å². The summed E-state index contributed by atoms with van der Waals surface area (Å²) in [6, 6.07) is -2.37. The van der Waals surface area contributed by atoms with E-state index in [4.69, 9.17) is 5.11 Å². The molecule has 4 N–H and O–H groups in total. The Balaban J connectivity index is 4.33. The molecule has 0 saturated heterocycles. The summed E-state index contributed by atoms with van der Waals surface area (Å²) < 4.78 is 0. The average molecular weight is 259 g/mol. The number of aliphatic carboxylic acids is 1. The van der Waals surface area contributed by atoms with Gasteiger partial charge in [0.2, 0.25) is 5.91 Å². The fourth-order valence-corrected chi connectivity index (χ4v) is 1.29. The van der Waals surface area contributed by atoms with E-state index in [9.17, 15) is 14.4 Å². The van der Waals surface area contributed by atoms with Crippen LogP contribution in [0, 0.1) is 5.92 Å². The molecule has 0 spiro atoms. The second kappa shape index (κ2) is 7.52. The molecule has 0 aromatic carbocycles. The molecule has 18 heavy (non-hydrogen) atoms. The van der Waals surface area contributed by atoms with Gasteiger partial charge in [0.05, 0.1) is 0 Å². The van der Waals surface area contributed by atoms with E-state index in [0.29, 0.717) is 6.54 Å². The fourth-order valence-electron chi connectivity index (χ4n) is 1.29. The second-order valence-electron chi connectivity index (χ2n) is 4.29. The molecule has 0 aliphatic rings. The molecule has 0 aliphatic heterocycles. The van der Waals surface area contributed by atoms with Crippen molar-refractivity contribution in [1.29, 1.82) is 0 Å². The largest absolute Gasteiger partial charge is 0.480 e. The van der Waals surface area contributed by atoms with Gasteiger partial charge in [-0.3, -0.25) is 4.79 Å². The molecule has 0 aromatic heterocycles. The Labute approximate surface area is 106 Å². The highest BCUT2D eigenvalue weighted by Crippen LogP contribution is 2.01. The number of carboxylic acids is 1. The van der Waals surface area contributed by atoms with Crippen LogP contribution in [0.4, 0.5) is 4.79 Å². The van der Waals surface area contributed by atoms with E-state index in [-0.39, 0.29) is 11.8 Å². The van der Waals surface area contributed by atoms with Crippen LogP contribution in [-0.4, -0.2) is 41.6 Å². The first kappa shape index (κ1) is 16.2. The summed E-state index contributed by atoms with van der Waals surface area (Å²) in [5, 5.41) is 16.1. The highest BCUT2D eigenvalue weighted by molar-refractivity contribution is 5.88. The van der Waals surface area contributed by atoms with E-state index in [1.807, 2.05) is 0 Å². The van der Waals surface area contributed by atoms with Crippen molar-refractivity contribution in [3.05, 3.63) is 0 Å². The molecule has 0 bridgehead atoms. The van der Waals surface area contributed by atoms with Crippen LogP contribution in [0.25, 0.3) is 0 Å². The predicted octanol–water partition coefficient (Wildman–Crippen LogP) is -0.0806. The third-order valence-corrected chi connectivity index (χ3v) is 2.31. The van der Waals surface area contributed by atoms with Gasteiger partial charge in [0, 0.05) is 6.54 Å². The highest BCUT2D eigenvalue weighted by atomic mass is 16.4. The molecule has 7 nitrogen and oxygen atoms in total. The zero-order chi connectivity index (χ0) is 14.3. The van der Waals surface area contributed by atoms with Crippen LogP contribution in [0.3, 0.4) is 0 Å². The molecule has 7 heteroatoms. The summed E-state index contributed by atoms with van der Waals surface area (Å²) in [5.41, 5.74) is 0. The zero-order valence-corrected chi connectivity index (χ0v) is 11.1. The first-order valence-electron chi connectivity index (χ1n) is 5.87. The van der Waals surface area contributed by atoms with Crippen LogP contribution < -0.4 is 16.0 Å². The lowest BCUT2D eigenvalue weighted by molar-refractivity contribution is -0.140. The molecule has 0 fully saturated rings. The molecule has 0 heterocycles. The van der Waals surface area contributed by atoms with Crippen molar-refractivity contribution in [2.45, 2.75) is 39.8 Å². The molecule has 1 unspecified atom stereocenters. The van der Waals surface area contributed by atoms with Crippen LogP contribution in [-0.2, 0) is 9.59 Å². The molecule has 104 valence electrons. The Morgan fingerprint density at radius 3 is 2.06 bits per heavy atom. The second-order valence-corrected chi connectivity index (χ2v) is 4.29. The monoisotopic (exact) mass is 259 g/mol. The van der Waals surface area contributed by atoms with Crippen molar-refractivity contribution in [1.82, 2.24) is 16.0 Å². The number of carbonyl (C=O) groups excluding carboxylic acids is 2.